The zero-order valence-electron chi connectivity index (χ0n) is 13.5. The van der Waals surface area contributed by atoms with E-state index in [2.05, 4.69) is 26.3 Å². The number of hydrogen-bond acceptors (Lipinski definition) is 3. The summed E-state index contributed by atoms with van der Waals surface area (Å²) in [6.07, 6.45) is 0. The van der Waals surface area contributed by atoms with Crippen molar-refractivity contribution in [3.05, 3.63) is 70.7 Å². The van der Waals surface area contributed by atoms with E-state index in [1.165, 1.54) is 0 Å². The van der Waals surface area contributed by atoms with Gasteiger partial charge in [-0.15, -0.1) is 0 Å². The van der Waals surface area contributed by atoms with E-state index in [0.29, 0.717) is 28.6 Å². The maximum atomic E-state index is 9.33. The molecule has 2 N–H and O–H groups in total. The normalized spacial score (nSPS) is 11.2. The van der Waals surface area contributed by atoms with Gasteiger partial charge in [0.2, 0.25) is 0 Å². The van der Waals surface area contributed by atoms with Crippen LogP contribution in [0.1, 0.15) is 11.1 Å². The first-order chi connectivity index (χ1) is 12.1. The van der Waals surface area contributed by atoms with Gasteiger partial charge in [-0.1, -0.05) is 70.0 Å². The van der Waals surface area contributed by atoms with Gasteiger partial charge in [-0.3, -0.25) is 0 Å². The van der Waals surface area contributed by atoms with Gasteiger partial charge in [0, 0.05) is 16.9 Å². The number of thiocarbonyl (C=S) groups is 1. The first-order valence-electron chi connectivity index (χ1n) is 7.73. The molecule has 0 aliphatic rings. The van der Waals surface area contributed by atoms with Gasteiger partial charge in [-0.2, -0.15) is 5.10 Å². The van der Waals surface area contributed by atoms with E-state index in [1.807, 2.05) is 54.6 Å². The van der Waals surface area contributed by atoms with Crippen molar-refractivity contribution in [2.24, 2.45) is 5.10 Å². The van der Waals surface area contributed by atoms with Crippen molar-refractivity contribution < 1.29 is 5.11 Å². The van der Waals surface area contributed by atoms with Gasteiger partial charge in [-0.25, -0.2) is 5.01 Å². The minimum atomic E-state index is -0.0450. The van der Waals surface area contributed by atoms with Crippen LogP contribution in [-0.4, -0.2) is 39.4 Å². The second-order valence-corrected chi connectivity index (χ2v) is 6.56. The number of benzene rings is 2. The molecule has 2 aromatic carbocycles. The average Bonchev–Trinajstić information content (AvgIpc) is 2.65. The molecule has 0 saturated heterocycles. The third-order valence-electron chi connectivity index (χ3n) is 3.38. The van der Waals surface area contributed by atoms with Crippen LogP contribution in [0.15, 0.2) is 59.7 Å². The summed E-state index contributed by atoms with van der Waals surface area (Å²) in [7, 11) is 0. The van der Waals surface area contributed by atoms with Crippen LogP contribution in [0.5, 0.6) is 0 Å². The molecule has 0 heterocycles. The summed E-state index contributed by atoms with van der Waals surface area (Å²) >= 11 is 14.8. The number of hydrogen-bond donors (Lipinski definition) is 2. The van der Waals surface area contributed by atoms with Crippen LogP contribution >= 0.6 is 39.7 Å². The number of nitrogens with zero attached hydrogens (tertiary/aromatic N) is 2. The highest BCUT2D eigenvalue weighted by Crippen LogP contribution is 2.10. The molecule has 0 aliphatic carbocycles. The van der Waals surface area contributed by atoms with E-state index in [9.17, 15) is 5.11 Å². The Bertz CT molecular complexity index is 710. The molecular formula is C18H19BrClN3OS. The lowest BCUT2D eigenvalue weighted by Crippen LogP contribution is -2.38. The smallest absolute Gasteiger partial charge is 0.189 e. The summed E-state index contributed by atoms with van der Waals surface area (Å²) in [5.74, 6) is 0. The van der Waals surface area contributed by atoms with Crippen LogP contribution in [0.4, 0.5) is 0 Å². The highest BCUT2D eigenvalue weighted by molar-refractivity contribution is 9.09. The molecule has 0 bridgehead atoms. The van der Waals surface area contributed by atoms with Gasteiger partial charge >= 0.3 is 0 Å². The molecule has 0 spiro atoms. The van der Waals surface area contributed by atoms with E-state index >= 15 is 0 Å². The zero-order chi connectivity index (χ0) is 18.1. The summed E-state index contributed by atoms with van der Waals surface area (Å²) in [4.78, 5) is 0. The average molecular weight is 441 g/mol. The minimum absolute atomic E-state index is 0.0450. The van der Waals surface area contributed by atoms with Crippen LogP contribution in [0.2, 0.25) is 5.02 Å². The molecule has 0 unspecified atom stereocenters. The molecule has 0 fully saturated rings. The molecule has 0 atom stereocenters. The van der Waals surface area contributed by atoms with Crippen LogP contribution in [-0.2, 0) is 6.54 Å². The summed E-state index contributed by atoms with van der Waals surface area (Å²) in [5, 5.41) is 20.4. The Morgan fingerprint density at radius 2 is 1.84 bits per heavy atom. The fourth-order valence-corrected chi connectivity index (χ4v) is 2.87. The number of aliphatic hydroxyl groups is 1. The Morgan fingerprint density at radius 1 is 1.16 bits per heavy atom. The Labute approximate surface area is 166 Å². The van der Waals surface area contributed by atoms with Gasteiger partial charge in [0.1, 0.15) is 0 Å². The lowest BCUT2D eigenvalue weighted by molar-refractivity contribution is 0.252. The van der Waals surface area contributed by atoms with Crippen LogP contribution in [0.3, 0.4) is 0 Å². The summed E-state index contributed by atoms with van der Waals surface area (Å²) in [6, 6.07) is 17.4. The predicted octanol–water partition coefficient (Wildman–Crippen LogP) is 3.81. The highest BCUT2D eigenvalue weighted by atomic mass is 79.9. The van der Waals surface area contributed by atoms with Crippen molar-refractivity contribution in [3.8, 4) is 0 Å². The minimum Gasteiger partial charge on any atom is -0.394 e. The van der Waals surface area contributed by atoms with Crippen molar-refractivity contribution in [3.63, 3.8) is 0 Å². The molecule has 0 aromatic heterocycles. The molecule has 2 rings (SSSR count). The van der Waals surface area contributed by atoms with Crippen molar-refractivity contribution in [1.29, 1.82) is 0 Å². The maximum Gasteiger partial charge on any atom is 0.189 e. The van der Waals surface area contributed by atoms with E-state index < -0.39 is 0 Å². The first kappa shape index (κ1) is 19.8. The second kappa shape index (κ2) is 10.5. The number of alkyl halides is 1. The van der Waals surface area contributed by atoms with Crippen LogP contribution < -0.4 is 5.32 Å². The molecule has 4 nitrogen and oxygen atoms in total. The maximum absolute atomic E-state index is 9.33. The third-order valence-corrected chi connectivity index (χ3v) is 4.52. The number of rotatable bonds is 7. The molecule has 25 heavy (non-hydrogen) atoms. The van der Waals surface area contributed by atoms with E-state index in [0.717, 1.165) is 16.8 Å². The SMILES string of the molecule is OCCN(/N=C(\CBr)c1ccccc1)C(=S)NCc1ccc(Cl)cc1. The third kappa shape index (κ3) is 6.40. The summed E-state index contributed by atoms with van der Waals surface area (Å²) < 4.78 is 0. The molecule has 0 amide bonds. The topological polar surface area (TPSA) is 47.9 Å². The van der Waals surface area contributed by atoms with Gasteiger partial charge < -0.3 is 10.4 Å². The van der Waals surface area contributed by atoms with Crippen LogP contribution in [0, 0.1) is 0 Å². The second-order valence-electron chi connectivity index (χ2n) is 5.18. The van der Waals surface area contributed by atoms with Gasteiger partial charge in [0.15, 0.2) is 5.11 Å². The molecule has 2 aromatic rings. The monoisotopic (exact) mass is 439 g/mol. The largest absolute Gasteiger partial charge is 0.394 e. The molecule has 132 valence electrons. The van der Waals surface area contributed by atoms with Gasteiger partial charge in [-0.05, 0) is 35.5 Å². The molecule has 0 saturated carbocycles. The standard InChI is InChI=1S/C18H19BrClN3OS/c19-12-17(15-4-2-1-3-5-15)22-23(10-11-24)18(25)21-13-14-6-8-16(20)9-7-14/h1-9,24H,10-13H2,(H,21,25)/b22-17+. The summed E-state index contributed by atoms with van der Waals surface area (Å²) in [5.41, 5.74) is 2.90. The van der Waals surface area contributed by atoms with Crippen molar-refractivity contribution in [2.45, 2.75) is 6.54 Å². The fourth-order valence-electron chi connectivity index (χ4n) is 2.10. The molecule has 7 heteroatoms. The molecule has 0 aliphatic heterocycles. The zero-order valence-corrected chi connectivity index (χ0v) is 16.7. The lowest BCUT2D eigenvalue weighted by atomic mass is 10.1. The van der Waals surface area contributed by atoms with Crippen LogP contribution in [0.25, 0.3) is 0 Å². The Balaban J connectivity index is 2.08. The number of hydrazone groups is 1. The Kier molecular flexibility index (Phi) is 8.34. The van der Waals surface area contributed by atoms with Crippen molar-refractivity contribution in [2.75, 3.05) is 18.5 Å². The first-order valence-corrected chi connectivity index (χ1v) is 9.64. The van der Waals surface area contributed by atoms with Gasteiger partial charge in [0.05, 0.1) is 18.9 Å². The highest BCUT2D eigenvalue weighted by Gasteiger charge is 2.11. The Morgan fingerprint density at radius 3 is 2.44 bits per heavy atom. The molecule has 0 radical (unpaired) electrons. The van der Waals surface area contributed by atoms with E-state index in [1.54, 1.807) is 5.01 Å². The van der Waals surface area contributed by atoms with E-state index in [4.69, 9.17) is 23.8 Å². The van der Waals surface area contributed by atoms with Crippen molar-refractivity contribution >= 4 is 50.6 Å². The number of aliphatic hydroxyl groups excluding tert-OH is 1. The lowest BCUT2D eigenvalue weighted by Gasteiger charge is -2.21. The number of nitrogens with one attached hydrogen (secondary N) is 1. The molecular weight excluding hydrogens is 422 g/mol. The van der Waals surface area contributed by atoms with Gasteiger partial charge in [0.25, 0.3) is 0 Å². The predicted molar refractivity (Wildman–Crippen MR) is 111 cm³/mol. The summed E-state index contributed by atoms with van der Waals surface area (Å²) in [6.45, 7) is 0.828. The fraction of sp³-hybridized carbons (Fsp3) is 0.222. The van der Waals surface area contributed by atoms with E-state index in [-0.39, 0.29) is 6.61 Å². The van der Waals surface area contributed by atoms with Crippen molar-refractivity contribution in [1.82, 2.24) is 10.3 Å². The quantitative estimate of drug-likeness (QED) is 0.297. The Hall–Kier alpha value is -1.47. The number of halogens is 2.